The summed E-state index contributed by atoms with van der Waals surface area (Å²) >= 11 is 0. The fraction of sp³-hybridized carbons (Fsp3) is 0.429. The summed E-state index contributed by atoms with van der Waals surface area (Å²) in [5, 5.41) is 7.66. The molecule has 0 spiro atoms. The molecule has 0 saturated heterocycles. The normalized spacial score (nSPS) is 15.5. The van der Waals surface area contributed by atoms with Crippen LogP contribution >= 0.6 is 15.2 Å². The number of hydrogen-bond donors (Lipinski definition) is 6. The number of nitrogens with zero attached hydrogens (tertiary/aromatic N) is 3. The minimum absolute atomic E-state index is 0.0616. The summed E-state index contributed by atoms with van der Waals surface area (Å²) < 4.78 is 45.5. The number of carbonyl (C=O) groups is 4. The highest BCUT2D eigenvalue weighted by atomic mass is 31.2. The van der Waals surface area contributed by atoms with Gasteiger partial charge in [0, 0.05) is 45.1 Å². The Balaban J connectivity index is 1.36. The molecule has 19 nitrogen and oxygen atoms in total. The first kappa shape index (κ1) is 45.2. The van der Waals surface area contributed by atoms with Crippen molar-refractivity contribution < 1.29 is 61.6 Å². The number of benzene rings is 2. The van der Waals surface area contributed by atoms with E-state index >= 15 is 0 Å². The molecule has 3 aromatic rings. The van der Waals surface area contributed by atoms with Crippen LogP contribution in [-0.4, -0.2) is 93.9 Å². The first-order valence-electron chi connectivity index (χ1n) is 17.9. The van der Waals surface area contributed by atoms with Gasteiger partial charge in [-0.25, -0.2) is 9.78 Å². The van der Waals surface area contributed by atoms with Crippen LogP contribution in [0.3, 0.4) is 0 Å². The van der Waals surface area contributed by atoms with Crippen molar-refractivity contribution in [3.63, 3.8) is 0 Å². The van der Waals surface area contributed by atoms with Crippen LogP contribution in [0.25, 0.3) is 0 Å². The summed E-state index contributed by atoms with van der Waals surface area (Å²) in [4.78, 5) is 89.7. The SMILES string of the molecule is COP(=O)(O)C(NC(=O)CCCOC(=O)N(C)c1ccc2c(c1)COB([C@@H](CC(C)C)NC(=O)[C@@H](Cc1ccccc1)NC(=O)c1cnccn1)OC2)P(=O)(O)O. The molecule has 4 amide bonds. The highest BCUT2D eigenvalue weighted by Crippen LogP contribution is 2.61. The fourth-order valence-corrected chi connectivity index (χ4v) is 8.35. The third kappa shape index (κ3) is 13.5. The molecule has 4 rings (SSSR count). The molecular weight excluding hydrogens is 785 g/mol. The molecule has 1 aromatic heterocycles. The third-order valence-electron chi connectivity index (χ3n) is 8.69. The predicted octanol–water partition coefficient (Wildman–Crippen LogP) is 2.89. The molecule has 0 bridgehead atoms. The van der Waals surface area contributed by atoms with Crippen LogP contribution in [0.4, 0.5) is 10.5 Å². The molecule has 0 saturated carbocycles. The van der Waals surface area contributed by atoms with Crippen LogP contribution in [0, 0.1) is 5.92 Å². The van der Waals surface area contributed by atoms with E-state index in [1.807, 2.05) is 49.5 Å². The zero-order valence-corrected chi connectivity index (χ0v) is 33.6. The number of aromatic nitrogens is 2. The Morgan fingerprint density at radius 3 is 2.30 bits per heavy atom. The maximum absolute atomic E-state index is 13.9. The number of nitrogens with one attached hydrogen (secondary N) is 3. The minimum Gasteiger partial charge on any atom is -0.449 e. The third-order valence-corrected chi connectivity index (χ3v) is 12.5. The molecule has 2 heterocycles. The lowest BCUT2D eigenvalue weighted by Gasteiger charge is -2.27. The van der Waals surface area contributed by atoms with Crippen LogP contribution < -0.4 is 20.9 Å². The van der Waals surface area contributed by atoms with Crippen molar-refractivity contribution in [3.8, 4) is 0 Å². The first-order chi connectivity index (χ1) is 27.0. The van der Waals surface area contributed by atoms with E-state index in [1.54, 1.807) is 18.2 Å². The highest BCUT2D eigenvalue weighted by Gasteiger charge is 2.46. The Bertz CT molecular complexity index is 1940. The maximum Gasteiger partial charge on any atom is 0.481 e. The quantitative estimate of drug-likeness (QED) is 0.0612. The van der Waals surface area contributed by atoms with Gasteiger partial charge in [0.05, 0.1) is 32.0 Å². The Morgan fingerprint density at radius 1 is 0.965 bits per heavy atom. The van der Waals surface area contributed by atoms with Gasteiger partial charge in [-0.05, 0) is 47.6 Å². The standard InChI is InChI=1S/C35H47BN6O13P2/c1-23(2)17-30(40-32(44)28(18-24-9-6-5-7-10-24)39-33(45)29-20-37-14-15-38-29)36-54-21-25-12-13-27(19-26(25)22-55-36)42(3)35(46)53-16-8-11-31(43)41-34(56(47,48)49)57(50,51)52-4/h5-7,9-10,12-15,19-20,23,28,30,34H,8,11,16-18,21-22H2,1-4H3,(H,39,45)(H,40,44)(H,41,43)(H,50,51)(H2,47,48,49)/t28-,30-,34?/m1/s1. The second-order valence-corrected chi connectivity index (χ2v) is 17.7. The van der Waals surface area contributed by atoms with E-state index in [1.165, 1.54) is 30.5 Å². The van der Waals surface area contributed by atoms with Crippen molar-refractivity contribution in [1.29, 1.82) is 0 Å². The van der Waals surface area contributed by atoms with Gasteiger partial charge in [-0.1, -0.05) is 50.2 Å². The van der Waals surface area contributed by atoms with E-state index < -0.39 is 63.6 Å². The molecule has 308 valence electrons. The van der Waals surface area contributed by atoms with Gasteiger partial charge in [0.15, 0.2) is 0 Å². The van der Waals surface area contributed by atoms with Gasteiger partial charge in [-0.3, -0.25) is 33.4 Å². The van der Waals surface area contributed by atoms with E-state index in [-0.39, 0.29) is 50.7 Å². The summed E-state index contributed by atoms with van der Waals surface area (Å²) in [6, 6.07) is 13.5. The topological polar surface area (TPSA) is 265 Å². The lowest BCUT2D eigenvalue weighted by Crippen LogP contribution is -2.56. The second kappa shape index (κ2) is 20.8. The first-order valence-corrected chi connectivity index (χ1v) is 21.2. The summed E-state index contributed by atoms with van der Waals surface area (Å²) in [6.07, 6.45) is 3.65. The van der Waals surface area contributed by atoms with Crippen molar-refractivity contribution in [2.24, 2.45) is 5.92 Å². The average Bonchev–Trinajstić information content (AvgIpc) is 3.40. The van der Waals surface area contributed by atoms with Crippen LogP contribution in [0.1, 0.15) is 60.3 Å². The smallest absolute Gasteiger partial charge is 0.449 e. The van der Waals surface area contributed by atoms with Crippen molar-refractivity contribution >= 4 is 51.8 Å². The van der Waals surface area contributed by atoms with Gasteiger partial charge in [0.1, 0.15) is 11.7 Å². The molecule has 1 aliphatic heterocycles. The zero-order valence-electron chi connectivity index (χ0n) is 31.8. The molecule has 2 unspecified atom stereocenters. The summed E-state index contributed by atoms with van der Waals surface area (Å²) in [6.45, 7) is 3.96. The minimum atomic E-state index is -5.24. The van der Waals surface area contributed by atoms with Crippen molar-refractivity contribution in [2.75, 3.05) is 25.7 Å². The number of ether oxygens (including phenoxy) is 1. The van der Waals surface area contributed by atoms with Gasteiger partial charge < -0.3 is 49.2 Å². The second-order valence-electron chi connectivity index (χ2n) is 13.5. The molecule has 0 radical (unpaired) electrons. The van der Waals surface area contributed by atoms with Crippen molar-refractivity contribution in [1.82, 2.24) is 25.9 Å². The highest BCUT2D eigenvalue weighted by molar-refractivity contribution is 7.71. The van der Waals surface area contributed by atoms with Crippen molar-refractivity contribution in [2.45, 2.75) is 70.3 Å². The monoisotopic (exact) mass is 832 g/mol. The van der Waals surface area contributed by atoms with Crippen LogP contribution in [-0.2, 0) is 56.9 Å². The Labute approximate surface area is 330 Å². The summed E-state index contributed by atoms with van der Waals surface area (Å²) in [5.41, 5.74) is 0.419. The lowest BCUT2D eigenvalue weighted by molar-refractivity contribution is -0.123. The van der Waals surface area contributed by atoms with E-state index in [2.05, 4.69) is 25.1 Å². The molecule has 0 fully saturated rings. The van der Waals surface area contributed by atoms with E-state index in [0.29, 0.717) is 12.1 Å². The Hall–Kier alpha value is -4.52. The van der Waals surface area contributed by atoms with Gasteiger partial charge in [0.25, 0.3) is 5.91 Å². The van der Waals surface area contributed by atoms with Crippen LogP contribution in [0.5, 0.6) is 0 Å². The van der Waals surface area contributed by atoms with Crippen LogP contribution in [0.15, 0.2) is 67.1 Å². The average molecular weight is 833 g/mol. The van der Waals surface area contributed by atoms with Gasteiger partial charge in [-0.15, -0.1) is 0 Å². The van der Waals surface area contributed by atoms with Gasteiger partial charge in [0.2, 0.25) is 17.3 Å². The van der Waals surface area contributed by atoms with Crippen LogP contribution in [0.2, 0.25) is 0 Å². The zero-order chi connectivity index (χ0) is 41.8. The predicted molar refractivity (Wildman–Crippen MR) is 206 cm³/mol. The van der Waals surface area contributed by atoms with Gasteiger partial charge >= 0.3 is 28.4 Å². The molecule has 0 aliphatic carbocycles. The number of anilines is 1. The lowest BCUT2D eigenvalue weighted by atomic mass is 9.73. The molecule has 22 heteroatoms. The molecule has 57 heavy (non-hydrogen) atoms. The molecule has 6 N–H and O–H groups in total. The maximum atomic E-state index is 13.9. The molecular formula is C35H47BN6O13P2. The molecule has 4 atom stereocenters. The number of amides is 4. The summed E-state index contributed by atoms with van der Waals surface area (Å²) in [5.74, 6) is -2.43. The van der Waals surface area contributed by atoms with E-state index in [0.717, 1.165) is 23.8 Å². The summed E-state index contributed by atoms with van der Waals surface area (Å²) in [7, 11) is -8.71. The van der Waals surface area contributed by atoms with Crippen molar-refractivity contribution in [3.05, 3.63) is 89.5 Å². The number of hydrogen-bond acceptors (Lipinski definition) is 12. The molecule has 2 aromatic carbocycles. The number of rotatable bonds is 18. The van der Waals surface area contributed by atoms with Gasteiger partial charge in [-0.2, -0.15) is 0 Å². The number of carbonyl (C=O) groups excluding carboxylic acids is 4. The molecule has 1 aliphatic rings. The van der Waals surface area contributed by atoms with E-state index in [9.17, 15) is 43.0 Å². The number of fused-ring (bicyclic) bond motifs is 1. The largest absolute Gasteiger partial charge is 0.481 e. The fourth-order valence-electron chi connectivity index (χ4n) is 5.72. The Kier molecular flexibility index (Phi) is 16.5. The van der Waals surface area contributed by atoms with E-state index in [4.69, 9.17) is 14.0 Å². The Morgan fingerprint density at radius 2 is 1.67 bits per heavy atom.